The molecule has 0 N–H and O–H groups in total. The predicted octanol–water partition coefficient (Wildman–Crippen LogP) is 8.42. The summed E-state index contributed by atoms with van der Waals surface area (Å²) in [6, 6.07) is 30.0. The SMILES string of the molecule is N#Cc1ccc(-c2cc3c(-c4ccc(-c5c(F)cc(C#N)cc5F)cc4)nc4ccccc4c3c3nsnc23)cc1. The van der Waals surface area contributed by atoms with E-state index in [1.807, 2.05) is 42.5 Å². The van der Waals surface area contributed by atoms with E-state index in [1.54, 1.807) is 42.5 Å². The van der Waals surface area contributed by atoms with Crippen LogP contribution < -0.4 is 0 Å². The van der Waals surface area contributed by atoms with Crippen LogP contribution in [0, 0.1) is 34.3 Å². The van der Waals surface area contributed by atoms with Crippen LogP contribution in [-0.4, -0.2) is 13.7 Å². The van der Waals surface area contributed by atoms with Crippen molar-refractivity contribution in [1.29, 1.82) is 10.5 Å². The number of aromatic nitrogens is 3. The van der Waals surface area contributed by atoms with Gasteiger partial charge in [0, 0.05) is 27.3 Å². The Labute approximate surface area is 236 Å². The fourth-order valence-corrected chi connectivity index (χ4v) is 5.80. The maximum absolute atomic E-state index is 14.7. The molecule has 0 unspecified atom stereocenters. The third-order valence-corrected chi connectivity index (χ3v) is 7.67. The summed E-state index contributed by atoms with van der Waals surface area (Å²) in [6.07, 6.45) is 0. The molecule has 0 amide bonds. The van der Waals surface area contributed by atoms with Gasteiger partial charge in [-0.15, -0.1) is 0 Å². The molecule has 0 aliphatic carbocycles. The average Bonchev–Trinajstić information content (AvgIpc) is 3.50. The molecule has 2 aromatic heterocycles. The Hall–Kier alpha value is -5.57. The van der Waals surface area contributed by atoms with Gasteiger partial charge >= 0.3 is 0 Å². The lowest BCUT2D eigenvalue weighted by atomic mass is 9.93. The van der Waals surface area contributed by atoms with Crippen LogP contribution in [0.1, 0.15) is 11.1 Å². The zero-order valence-corrected chi connectivity index (χ0v) is 21.9. The lowest BCUT2D eigenvalue weighted by Gasteiger charge is -2.14. The van der Waals surface area contributed by atoms with Gasteiger partial charge in [-0.3, -0.25) is 0 Å². The molecule has 0 radical (unpaired) electrons. The molecule has 0 atom stereocenters. The number of hydrogen-bond donors (Lipinski definition) is 0. The van der Waals surface area contributed by atoms with Crippen LogP contribution in [-0.2, 0) is 0 Å². The third kappa shape index (κ3) is 3.98. The van der Waals surface area contributed by atoms with E-state index in [0.29, 0.717) is 16.8 Å². The monoisotopic (exact) mass is 551 g/mol. The number of benzene rings is 5. The highest BCUT2D eigenvalue weighted by Crippen LogP contribution is 2.41. The van der Waals surface area contributed by atoms with Crippen LogP contribution in [0.2, 0.25) is 0 Å². The van der Waals surface area contributed by atoms with Gasteiger partial charge in [0.25, 0.3) is 0 Å². The van der Waals surface area contributed by atoms with Gasteiger partial charge in [0.2, 0.25) is 0 Å². The van der Waals surface area contributed by atoms with Gasteiger partial charge in [0.1, 0.15) is 22.7 Å². The van der Waals surface area contributed by atoms with Gasteiger partial charge in [-0.2, -0.15) is 19.3 Å². The van der Waals surface area contributed by atoms with E-state index < -0.39 is 11.6 Å². The van der Waals surface area contributed by atoms with Crippen molar-refractivity contribution in [3.05, 3.63) is 114 Å². The molecule has 0 aliphatic rings. The second kappa shape index (κ2) is 9.56. The van der Waals surface area contributed by atoms with Crippen molar-refractivity contribution in [2.24, 2.45) is 0 Å². The molecule has 0 saturated carbocycles. The first-order chi connectivity index (χ1) is 20.1. The summed E-state index contributed by atoms with van der Waals surface area (Å²) in [7, 11) is 0. The van der Waals surface area contributed by atoms with Crippen LogP contribution in [0.15, 0.2) is 91.0 Å². The van der Waals surface area contributed by atoms with Gasteiger partial charge < -0.3 is 0 Å². The molecule has 0 saturated heterocycles. The highest BCUT2D eigenvalue weighted by Gasteiger charge is 2.20. The van der Waals surface area contributed by atoms with Crippen molar-refractivity contribution < 1.29 is 8.78 Å². The first-order valence-electron chi connectivity index (χ1n) is 12.5. The lowest BCUT2D eigenvalue weighted by Crippen LogP contribution is -1.94. The molecule has 5 nitrogen and oxygen atoms in total. The van der Waals surface area contributed by atoms with E-state index in [-0.39, 0.29) is 11.1 Å². The molecule has 0 bridgehead atoms. The Morgan fingerprint density at radius 2 is 1.27 bits per heavy atom. The van der Waals surface area contributed by atoms with Crippen molar-refractivity contribution in [2.75, 3.05) is 0 Å². The fourth-order valence-electron chi connectivity index (χ4n) is 5.24. The number of fused-ring (bicyclic) bond motifs is 5. The van der Waals surface area contributed by atoms with Crippen LogP contribution in [0.5, 0.6) is 0 Å². The molecule has 192 valence electrons. The summed E-state index contributed by atoms with van der Waals surface area (Å²) in [5.74, 6) is -1.59. The molecule has 7 rings (SSSR count). The molecule has 7 aromatic rings. The fraction of sp³-hybridized carbons (Fsp3) is 0. The molecule has 8 heteroatoms. The van der Waals surface area contributed by atoms with Crippen molar-refractivity contribution in [2.45, 2.75) is 0 Å². The number of pyridine rings is 1. The van der Waals surface area contributed by atoms with E-state index in [9.17, 15) is 14.0 Å². The maximum atomic E-state index is 14.7. The summed E-state index contributed by atoms with van der Waals surface area (Å²) in [5.41, 5.74) is 6.15. The summed E-state index contributed by atoms with van der Waals surface area (Å²) >= 11 is 1.14. The van der Waals surface area contributed by atoms with Crippen LogP contribution >= 0.6 is 11.7 Å². The number of hydrogen-bond acceptors (Lipinski definition) is 6. The van der Waals surface area contributed by atoms with Gasteiger partial charge in [0.05, 0.1) is 51.8 Å². The quantitative estimate of drug-likeness (QED) is 0.206. The summed E-state index contributed by atoms with van der Waals surface area (Å²) in [4.78, 5) is 5.02. The van der Waals surface area contributed by atoms with Crippen LogP contribution in [0.3, 0.4) is 0 Å². The zero-order chi connectivity index (χ0) is 28.1. The van der Waals surface area contributed by atoms with E-state index in [0.717, 1.165) is 73.3 Å². The van der Waals surface area contributed by atoms with Crippen LogP contribution in [0.25, 0.3) is 66.2 Å². The molecule has 2 heterocycles. The standard InChI is InChI=1S/C33H15F2N5S/c34-26-13-19(17-37)14-27(35)29(26)21-9-11-22(12-10-21)31-25-15-24(20-7-5-18(16-36)6-8-20)32-33(40-41-39-32)30(25)23-3-1-2-4-28(23)38-31/h1-15H. The van der Waals surface area contributed by atoms with Gasteiger partial charge in [-0.05, 0) is 47.5 Å². The minimum absolute atomic E-state index is 0.0758. The molecule has 0 fully saturated rings. The van der Waals surface area contributed by atoms with Crippen LogP contribution in [0.4, 0.5) is 8.78 Å². The summed E-state index contributed by atoms with van der Waals surface area (Å²) < 4.78 is 38.8. The van der Waals surface area contributed by atoms with Crippen molar-refractivity contribution in [1.82, 2.24) is 13.7 Å². The molecular weight excluding hydrogens is 536 g/mol. The third-order valence-electron chi connectivity index (χ3n) is 7.14. The lowest BCUT2D eigenvalue weighted by molar-refractivity contribution is 0.589. The molecule has 0 spiro atoms. The highest BCUT2D eigenvalue weighted by atomic mass is 32.1. The number of nitrogens with zero attached hydrogens (tertiary/aromatic N) is 5. The first-order valence-corrected chi connectivity index (χ1v) is 13.3. The Bertz CT molecular complexity index is 2220. The smallest absolute Gasteiger partial charge is 0.135 e. The zero-order valence-electron chi connectivity index (χ0n) is 21.1. The number of rotatable bonds is 3. The van der Waals surface area contributed by atoms with Crippen molar-refractivity contribution in [3.8, 4) is 45.6 Å². The highest BCUT2D eigenvalue weighted by molar-refractivity contribution is 7.00. The van der Waals surface area contributed by atoms with Crippen molar-refractivity contribution in [3.63, 3.8) is 0 Å². The largest absolute Gasteiger partial charge is 0.247 e. The maximum Gasteiger partial charge on any atom is 0.135 e. The first kappa shape index (κ1) is 24.5. The van der Waals surface area contributed by atoms with E-state index in [1.165, 1.54) is 0 Å². The number of nitriles is 2. The molecular formula is C33H15F2N5S. The second-order valence-corrected chi connectivity index (χ2v) is 10.0. The molecule has 0 aliphatic heterocycles. The normalized spacial score (nSPS) is 11.1. The minimum Gasteiger partial charge on any atom is -0.247 e. The topological polar surface area (TPSA) is 86.2 Å². The van der Waals surface area contributed by atoms with E-state index >= 15 is 0 Å². The Balaban J connectivity index is 1.48. The number of halogens is 2. The predicted molar refractivity (Wildman–Crippen MR) is 156 cm³/mol. The number of para-hydroxylation sites is 1. The molecule has 41 heavy (non-hydrogen) atoms. The van der Waals surface area contributed by atoms with Gasteiger partial charge in [-0.1, -0.05) is 54.6 Å². The Kier molecular flexibility index (Phi) is 5.71. The van der Waals surface area contributed by atoms with E-state index in [4.69, 9.17) is 10.2 Å². The van der Waals surface area contributed by atoms with Gasteiger partial charge in [-0.25, -0.2) is 13.8 Å². The summed E-state index contributed by atoms with van der Waals surface area (Å²) in [5, 5.41) is 21.0. The minimum atomic E-state index is -0.797. The molecule has 5 aromatic carbocycles. The van der Waals surface area contributed by atoms with Crippen molar-refractivity contribution >= 4 is 44.4 Å². The average molecular weight is 552 g/mol. The Morgan fingerprint density at radius 3 is 1.98 bits per heavy atom. The van der Waals surface area contributed by atoms with Gasteiger partial charge in [0.15, 0.2) is 0 Å². The second-order valence-electron chi connectivity index (χ2n) is 9.48. The Morgan fingerprint density at radius 1 is 0.634 bits per heavy atom. The summed E-state index contributed by atoms with van der Waals surface area (Å²) in [6.45, 7) is 0. The van der Waals surface area contributed by atoms with E-state index in [2.05, 4.69) is 14.8 Å².